The first kappa shape index (κ1) is 12.7. The molecule has 0 aliphatic heterocycles. The van der Waals surface area contributed by atoms with E-state index in [1.807, 2.05) is 6.07 Å². The van der Waals surface area contributed by atoms with Crippen molar-refractivity contribution < 1.29 is 4.42 Å². The molecule has 1 aromatic heterocycles. The maximum atomic E-state index is 6.04. The predicted octanol–water partition coefficient (Wildman–Crippen LogP) is 4.58. The van der Waals surface area contributed by atoms with Crippen molar-refractivity contribution in [1.82, 2.24) is 5.32 Å². The minimum Gasteiger partial charge on any atom is -0.459 e. The van der Waals surface area contributed by atoms with E-state index in [0.717, 1.165) is 17.3 Å². The third-order valence-corrected chi connectivity index (χ3v) is 4.60. The monoisotopic (exact) mass is 257 g/mol. The second-order valence-electron chi connectivity index (χ2n) is 5.99. The molecular weight excluding hydrogens is 234 g/mol. The van der Waals surface area contributed by atoms with Crippen LogP contribution in [0, 0.1) is 12.8 Å². The fourth-order valence-corrected chi connectivity index (χ4v) is 3.40. The maximum Gasteiger partial charge on any atom is 0.134 e. The van der Waals surface area contributed by atoms with Crippen molar-refractivity contribution in [3.8, 4) is 0 Å². The Kier molecular flexibility index (Phi) is 3.36. The van der Waals surface area contributed by atoms with E-state index in [9.17, 15) is 0 Å². The van der Waals surface area contributed by atoms with Crippen molar-refractivity contribution in [3.05, 3.63) is 35.6 Å². The molecule has 1 fully saturated rings. The molecule has 2 aromatic rings. The normalized spacial score (nSPS) is 25.0. The number of para-hydroxylation sites is 1. The first-order chi connectivity index (χ1) is 9.16. The smallest absolute Gasteiger partial charge is 0.134 e. The zero-order chi connectivity index (χ0) is 13.4. The summed E-state index contributed by atoms with van der Waals surface area (Å²) in [4.78, 5) is 0. The Hall–Kier alpha value is -1.28. The maximum absolute atomic E-state index is 6.04. The molecule has 1 aliphatic carbocycles. The van der Waals surface area contributed by atoms with Crippen LogP contribution < -0.4 is 5.32 Å². The van der Waals surface area contributed by atoms with Crippen LogP contribution in [0.4, 0.5) is 0 Å². The van der Waals surface area contributed by atoms with Gasteiger partial charge in [0.15, 0.2) is 0 Å². The molecule has 3 rings (SSSR count). The summed E-state index contributed by atoms with van der Waals surface area (Å²) in [5.74, 6) is 1.88. The quantitative estimate of drug-likeness (QED) is 0.870. The Morgan fingerprint density at radius 3 is 2.74 bits per heavy atom. The molecule has 102 valence electrons. The largest absolute Gasteiger partial charge is 0.459 e. The van der Waals surface area contributed by atoms with Crippen LogP contribution in [0.2, 0.25) is 0 Å². The molecule has 1 aromatic carbocycles. The zero-order valence-corrected chi connectivity index (χ0v) is 12.1. The van der Waals surface area contributed by atoms with Crippen LogP contribution in [0.1, 0.15) is 50.5 Å². The Balaban J connectivity index is 1.85. The highest BCUT2D eigenvalue weighted by atomic mass is 16.3. The van der Waals surface area contributed by atoms with Crippen LogP contribution in [-0.2, 0) is 0 Å². The molecule has 3 unspecified atom stereocenters. The van der Waals surface area contributed by atoms with E-state index in [0.29, 0.717) is 6.04 Å². The lowest BCUT2D eigenvalue weighted by Crippen LogP contribution is -2.33. The second-order valence-corrected chi connectivity index (χ2v) is 5.99. The molecule has 1 aliphatic rings. The number of furan rings is 1. The Morgan fingerprint density at radius 1 is 1.26 bits per heavy atom. The number of nitrogens with one attached hydrogen (secondary N) is 1. The third kappa shape index (κ3) is 2.30. The number of hydrogen-bond acceptors (Lipinski definition) is 2. The number of rotatable bonds is 3. The number of aryl methyl sites for hydroxylation is 1. The highest BCUT2D eigenvalue weighted by molar-refractivity contribution is 5.82. The van der Waals surface area contributed by atoms with Crippen LogP contribution >= 0.6 is 0 Å². The summed E-state index contributed by atoms with van der Waals surface area (Å²) in [5.41, 5.74) is 2.28. The first-order valence-electron chi connectivity index (χ1n) is 7.41. The Labute approximate surface area is 115 Å². The highest BCUT2D eigenvalue weighted by Gasteiger charge is 2.26. The van der Waals surface area contributed by atoms with E-state index in [-0.39, 0.29) is 6.04 Å². The van der Waals surface area contributed by atoms with Gasteiger partial charge >= 0.3 is 0 Å². The molecule has 2 nitrogen and oxygen atoms in total. The Morgan fingerprint density at radius 2 is 2.05 bits per heavy atom. The molecule has 1 N–H and O–H groups in total. The molecule has 2 heteroatoms. The van der Waals surface area contributed by atoms with Gasteiger partial charge in [-0.15, -0.1) is 0 Å². The first-order valence-corrected chi connectivity index (χ1v) is 7.41. The highest BCUT2D eigenvalue weighted by Crippen LogP contribution is 2.32. The lowest BCUT2D eigenvalue weighted by Gasteiger charge is -2.22. The Bertz CT molecular complexity index is 572. The van der Waals surface area contributed by atoms with Gasteiger partial charge in [0.05, 0.1) is 6.04 Å². The van der Waals surface area contributed by atoms with Gasteiger partial charge in [0.2, 0.25) is 0 Å². The topological polar surface area (TPSA) is 25.2 Å². The predicted molar refractivity (Wildman–Crippen MR) is 79.3 cm³/mol. The zero-order valence-electron chi connectivity index (χ0n) is 12.1. The van der Waals surface area contributed by atoms with Crippen molar-refractivity contribution in [2.45, 2.75) is 52.1 Å². The molecule has 0 spiro atoms. The van der Waals surface area contributed by atoms with Gasteiger partial charge in [-0.25, -0.2) is 0 Å². The fraction of sp³-hybridized carbons (Fsp3) is 0.529. The van der Waals surface area contributed by atoms with E-state index in [1.165, 1.54) is 30.2 Å². The van der Waals surface area contributed by atoms with Crippen LogP contribution in [0.25, 0.3) is 11.0 Å². The lowest BCUT2D eigenvalue weighted by atomic mass is 10.0. The van der Waals surface area contributed by atoms with Gasteiger partial charge in [0.25, 0.3) is 0 Å². The van der Waals surface area contributed by atoms with Crippen LogP contribution in [0.5, 0.6) is 0 Å². The second kappa shape index (κ2) is 5.01. The van der Waals surface area contributed by atoms with Crippen molar-refractivity contribution in [2.75, 3.05) is 0 Å². The van der Waals surface area contributed by atoms with Gasteiger partial charge < -0.3 is 9.73 Å². The van der Waals surface area contributed by atoms with Crippen molar-refractivity contribution in [2.24, 2.45) is 5.92 Å². The summed E-state index contributed by atoms with van der Waals surface area (Å²) in [7, 11) is 0. The van der Waals surface area contributed by atoms with Crippen molar-refractivity contribution in [1.29, 1.82) is 0 Å². The van der Waals surface area contributed by atoms with E-state index >= 15 is 0 Å². The average Bonchev–Trinajstić information content (AvgIpc) is 2.95. The summed E-state index contributed by atoms with van der Waals surface area (Å²) < 4.78 is 6.04. The van der Waals surface area contributed by atoms with E-state index in [4.69, 9.17) is 4.42 Å². The minimum absolute atomic E-state index is 0.290. The van der Waals surface area contributed by atoms with Gasteiger partial charge in [-0.2, -0.15) is 0 Å². The molecular formula is C17H23NO. The molecule has 19 heavy (non-hydrogen) atoms. The number of benzene rings is 1. The van der Waals surface area contributed by atoms with Gasteiger partial charge in [-0.1, -0.05) is 31.5 Å². The van der Waals surface area contributed by atoms with Gasteiger partial charge in [0, 0.05) is 11.4 Å². The number of hydrogen-bond donors (Lipinski definition) is 1. The van der Waals surface area contributed by atoms with Crippen LogP contribution in [0.15, 0.2) is 28.7 Å². The van der Waals surface area contributed by atoms with Gasteiger partial charge in [0.1, 0.15) is 11.3 Å². The lowest BCUT2D eigenvalue weighted by molar-refractivity contribution is 0.355. The van der Waals surface area contributed by atoms with Crippen molar-refractivity contribution >= 4 is 11.0 Å². The van der Waals surface area contributed by atoms with Gasteiger partial charge in [-0.3, -0.25) is 0 Å². The molecule has 1 heterocycles. The summed E-state index contributed by atoms with van der Waals surface area (Å²) in [5, 5.41) is 4.99. The number of fused-ring (bicyclic) bond motifs is 1. The van der Waals surface area contributed by atoms with Crippen molar-refractivity contribution in [3.63, 3.8) is 0 Å². The van der Waals surface area contributed by atoms with E-state index < -0.39 is 0 Å². The van der Waals surface area contributed by atoms with Crippen LogP contribution in [0.3, 0.4) is 0 Å². The summed E-state index contributed by atoms with van der Waals surface area (Å²) >= 11 is 0. The average molecular weight is 257 g/mol. The van der Waals surface area contributed by atoms with E-state index in [1.54, 1.807) is 0 Å². The van der Waals surface area contributed by atoms with Crippen LogP contribution in [-0.4, -0.2) is 6.04 Å². The minimum atomic E-state index is 0.290. The molecule has 0 saturated heterocycles. The molecule has 0 bridgehead atoms. The molecule has 1 saturated carbocycles. The molecule has 3 atom stereocenters. The summed E-state index contributed by atoms with van der Waals surface area (Å²) in [6.07, 6.45) is 4.00. The van der Waals surface area contributed by atoms with E-state index in [2.05, 4.69) is 44.3 Å². The standard InChI is InChI=1S/C17H23NO/c1-11-7-6-9-15(11)18-13(3)17-12(2)14-8-4-5-10-16(14)19-17/h4-5,8,10-11,13,15,18H,6-7,9H2,1-3H3. The van der Waals surface area contributed by atoms with Gasteiger partial charge in [-0.05, 0) is 44.2 Å². The third-order valence-electron chi connectivity index (χ3n) is 4.60. The fourth-order valence-electron chi connectivity index (χ4n) is 3.40. The molecule has 0 amide bonds. The summed E-state index contributed by atoms with van der Waals surface area (Å²) in [6, 6.07) is 9.23. The SMILES string of the molecule is Cc1c(C(C)NC2CCCC2C)oc2ccccc12. The molecule has 0 radical (unpaired) electrons. The summed E-state index contributed by atoms with van der Waals surface area (Å²) in [6.45, 7) is 6.73.